The van der Waals surface area contributed by atoms with Crippen LogP contribution in [0.1, 0.15) is 12.0 Å². The Morgan fingerprint density at radius 1 is 1.25 bits per heavy atom. The Bertz CT molecular complexity index is 654. The molecular weight excluding hydrogens is 302 g/mol. The molecule has 4 nitrogen and oxygen atoms in total. The van der Waals surface area contributed by atoms with Crippen LogP contribution in [0.25, 0.3) is 0 Å². The van der Waals surface area contributed by atoms with Crippen molar-refractivity contribution in [3.63, 3.8) is 0 Å². The lowest BCUT2D eigenvalue weighted by Crippen LogP contribution is -2.43. The Morgan fingerprint density at radius 3 is 2.45 bits per heavy atom. The molecule has 2 rings (SSSR count). The van der Waals surface area contributed by atoms with Crippen molar-refractivity contribution in [3.05, 3.63) is 23.8 Å². The zero-order valence-corrected chi connectivity index (χ0v) is 10.8. The highest BCUT2D eigenvalue weighted by atomic mass is 32.3. The second-order valence-corrected chi connectivity index (χ2v) is 5.63. The van der Waals surface area contributed by atoms with Crippen LogP contribution >= 0.6 is 0 Å². The van der Waals surface area contributed by atoms with Gasteiger partial charge in [-0.2, -0.15) is 21.6 Å². The minimum Gasteiger partial charge on any atom is -0.304 e. The average Bonchev–Trinajstić information content (AvgIpc) is 2.34. The van der Waals surface area contributed by atoms with E-state index in [4.69, 9.17) is 0 Å². The summed E-state index contributed by atoms with van der Waals surface area (Å²) in [6.07, 6.45) is -4.50. The van der Waals surface area contributed by atoms with E-state index in [-0.39, 0.29) is 30.6 Å². The summed E-state index contributed by atoms with van der Waals surface area (Å²) in [5.74, 6) is -2.02. The molecule has 0 spiro atoms. The molecule has 1 amide bonds. The summed E-state index contributed by atoms with van der Waals surface area (Å²) in [5, 5.41) is 0. The number of carbonyl (C=O) groups excluding carboxylic acids is 1. The van der Waals surface area contributed by atoms with Gasteiger partial charge >= 0.3 is 22.3 Å². The highest BCUT2D eigenvalue weighted by Crippen LogP contribution is 2.32. The average molecular weight is 311 g/mol. The van der Waals surface area contributed by atoms with Crippen molar-refractivity contribution in [2.75, 3.05) is 11.4 Å². The van der Waals surface area contributed by atoms with Gasteiger partial charge in [-0.3, -0.25) is 4.79 Å². The summed E-state index contributed by atoms with van der Waals surface area (Å²) in [6, 6.07) is 2.82. The Morgan fingerprint density at radius 2 is 1.90 bits per heavy atom. The van der Waals surface area contributed by atoms with Crippen LogP contribution in [0.2, 0.25) is 0 Å². The third-order valence-electron chi connectivity index (χ3n) is 2.94. The molecule has 0 N–H and O–H groups in total. The van der Waals surface area contributed by atoms with Gasteiger partial charge in [0.2, 0.25) is 0 Å². The van der Waals surface area contributed by atoms with Crippen molar-refractivity contribution in [2.45, 2.75) is 23.9 Å². The van der Waals surface area contributed by atoms with Gasteiger partial charge in [0.25, 0.3) is 0 Å². The molecule has 1 heterocycles. The van der Waals surface area contributed by atoms with Crippen LogP contribution in [0.5, 0.6) is 0 Å². The third kappa shape index (κ3) is 2.77. The Balaban J connectivity index is 2.46. The Kier molecular flexibility index (Phi) is 3.49. The number of hydrogen-bond donors (Lipinski definition) is 0. The monoisotopic (exact) mass is 311 g/mol. The molecule has 1 aromatic rings. The lowest BCUT2D eigenvalue weighted by Gasteiger charge is -2.30. The Labute approximate surface area is 112 Å². The molecule has 20 heavy (non-hydrogen) atoms. The van der Waals surface area contributed by atoms with Gasteiger partial charge < -0.3 is 4.90 Å². The van der Waals surface area contributed by atoms with Crippen molar-refractivity contribution in [1.82, 2.24) is 0 Å². The number of fused-ring (bicyclic) bond motifs is 1. The number of benzene rings is 1. The van der Waals surface area contributed by atoms with Crippen molar-refractivity contribution >= 4 is 21.8 Å². The van der Waals surface area contributed by atoms with Crippen molar-refractivity contribution in [1.29, 1.82) is 0 Å². The maximum Gasteiger partial charge on any atom is 0.471 e. The summed E-state index contributed by atoms with van der Waals surface area (Å²) in [5.41, 5.74) is 0.165. The molecule has 1 aliphatic rings. The number of amides is 1. The molecule has 110 valence electrons. The predicted molar refractivity (Wildman–Crippen MR) is 61.5 cm³/mol. The number of carbonyl (C=O) groups is 1. The van der Waals surface area contributed by atoms with Gasteiger partial charge in [0, 0.05) is 12.2 Å². The first-order valence-electron chi connectivity index (χ1n) is 5.57. The van der Waals surface area contributed by atoms with Crippen LogP contribution in [0.3, 0.4) is 0 Å². The van der Waals surface area contributed by atoms with Gasteiger partial charge in [0.15, 0.2) is 0 Å². The molecule has 0 saturated heterocycles. The maximum atomic E-state index is 12.8. The van der Waals surface area contributed by atoms with Gasteiger partial charge in [-0.25, -0.2) is 0 Å². The van der Waals surface area contributed by atoms with E-state index in [2.05, 4.69) is 0 Å². The number of alkyl halides is 3. The number of hydrogen-bond acceptors (Lipinski definition) is 3. The van der Waals surface area contributed by atoms with E-state index in [9.17, 15) is 30.3 Å². The van der Waals surface area contributed by atoms with Crippen LogP contribution in [-0.2, 0) is 21.4 Å². The van der Waals surface area contributed by atoms with Crippen LogP contribution in [-0.4, -0.2) is 27.0 Å². The van der Waals surface area contributed by atoms with Crippen molar-refractivity contribution in [2.24, 2.45) is 0 Å². The van der Waals surface area contributed by atoms with Crippen molar-refractivity contribution < 1.29 is 30.3 Å². The van der Waals surface area contributed by atoms with Gasteiger partial charge in [-0.05, 0) is 36.6 Å². The van der Waals surface area contributed by atoms with E-state index < -0.39 is 27.2 Å². The third-order valence-corrected chi connectivity index (χ3v) is 3.76. The summed E-state index contributed by atoms with van der Waals surface area (Å²) in [6.45, 7) is -0.118. The molecule has 0 bridgehead atoms. The minimum absolute atomic E-state index is 0.0361. The second-order valence-electron chi connectivity index (χ2n) is 4.29. The van der Waals surface area contributed by atoms with E-state index >= 15 is 0 Å². The fourth-order valence-electron chi connectivity index (χ4n) is 2.09. The molecule has 0 unspecified atom stereocenters. The summed E-state index contributed by atoms with van der Waals surface area (Å²) in [4.78, 5) is 11.2. The Hall–Kier alpha value is -1.64. The largest absolute Gasteiger partial charge is 0.471 e. The SMILES string of the molecule is O=C(N1CCCc2cc(S(=O)(=O)F)ccc21)C(F)(F)F. The lowest BCUT2D eigenvalue weighted by molar-refractivity contribution is -0.170. The quantitative estimate of drug-likeness (QED) is 0.590. The van der Waals surface area contributed by atoms with Gasteiger partial charge in [-0.15, -0.1) is 3.89 Å². The molecule has 9 heteroatoms. The zero-order chi connectivity index (χ0) is 15.1. The van der Waals surface area contributed by atoms with Gasteiger partial charge in [0.05, 0.1) is 4.90 Å². The number of halogens is 4. The lowest BCUT2D eigenvalue weighted by atomic mass is 10.0. The maximum absolute atomic E-state index is 12.8. The summed E-state index contributed by atoms with van der Waals surface area (Å²) >= 11 is 0. The van der Waals surface area contributed by atoms with Crippen LogP contribution in [0.4, 0.5) is 22.7 Å². The fraction of sp³-hybridized carbons (Fsp3) is 0.364. The van der Waals surface area contributed by atoms with Crippen LogP contribution in [0.15, 0.2) is 23.1 Å². The highest BCUT2D eigenvalue weighted by Gasteiger charge is 2.44. The summed E-state index contributed by atoms with van der Waals surface area (Å²) in [7, 11) is -4.93. The standard InChI is InChI=1S/C11H9F4NO3S/c12-11(13,14)10(17)16-5-1-2-7-6-8(20(15,18)19)3-4-9(7)16/h3-4,6H,1-2,5H2. The van der Waals surface area contributed by atoms with E-state index in [1.54, 1.807) is 0 Å². The summed E-state index contributed by atoms with van der Waals surface area (Å²) < 4.78 is 71.7. The second kappa shape index (κ2) is 4.72. The molecule has 0 aromatic heterocycles. The molecule has 0 aliphatic carbocycles. The van der Waals surface area contributed by atoms with E-state index in [1.165, 1.54) is 0 Å². The molecule has 1 aromatic carbocycles. The normalized spacial score (nSPS) is 15.9. The first kappa shape index (κ1) is 14.8. The fourth-order valence-corrected chi connectivity index (χ4v) is 2.60. The first-order chi connectivity index (χ1) is 9.10. The molecular formula is C11H9F4NO3S. The molecule has 1 aliphatic heterocycles. The smallest absolute Gasteiger partial charge is 0.304 e. The van der Waals surface area contributed by atoms with E-state index in [0.29, 0.717) is 4.90 Å². The zero-order valence-electron chi connectivity index (χ0n) is 9.95. The molecule has 0 atom stereocenters. The number of nitrogens with zero attached hydrogens (tertiary/aromatic N) is 1. The van der Waals surface area contributed by atoms with Gasteiger partial charge in [-0.1, -0.05) is 0 Å². The number of aryl methyl sites for hydroxylation is 1. The van der Waals surface area contributed by atoms with E-state index in [0.717, 1.165) is 18.2 Å². The van der Waals surface area contributed by atoms with Gasteiger partial charge in [0.1, 0.15) is 0 Å². The minimum atomic E-state index is -5.01. The van der Waals surface area contributed by atoms with Crippen LogP contribution in [0, 0.1) is 0 Å². The van der Waals surface area contributed by atoms with Crippen LogP contribution < -0.4 is 4.90 Å². The topological polar surface area (TPSA) is 54.5 Å². The van der Waals surface area contributed by atoms with Crippen molar-refractivity contribution in [3.8, 4) is 0 Å². The first-order valence-corrected chi connectivity index (χ1v) is 6.95. The molecule has 0 fully saturated rings. The molecule has 0 saturated carbocycles. The number of anilines is 1. The van der Waals surface area contributed by atoms with E-state index in [1.807, 2.05) is 0 Å². The molecule has 0 radical (unpaired) electrons. The predicted octanol–water partition coefficient (Wildman–Crippen LogP) is 2.19. The number of rotatable bonds is 1. The highest BCUT2D eigenvalue weighted by molar-refractivity contribution is 7.86.